The molecule has 1 aromatic carbocycles. The van der Waals surface area contributed by atoms with Crippen LogP contribution in [0.15, 0.2) is 54.2 Å². The van der Waals surface area contributed by atoms with E-state index in [1.165, 1.54) is 5.56 Å². The molecule has 0 fully saturated rings. The number of nitrogens with zero attached hydrogens (tertiary/aromatic N) is 2. The second kappa shape index (κ2) is 9.83. The Balaban J connectivity index is 1.35. The maximum atomic E-state index is 12.0. The number of nitrogens with one attached hydrogen (secondary N) is 1. The molecule has 0 saturated carbocycles. The van der Waals surface area contributed by atoms with Crippen LogP contribution in [0.4, 0.5) is 0 Å². The second-order valence-corrected chi connectivity index (χ2v) is 7.05. The topological polar surface area (TPSA) is 64.1 Å². The minimum absolute atomic E-state index is 0.0701. The van der Waals surface area contributed by atoms with Crippen molar-refractivity contribution in [1.82, 2.24) is 15.3 Å². The first-order chi connectivity index (χ1) is 13.2. The molecule has 27 heavy (non-hydrogen) atoms. The monoisotopic (exact) mass is 381 g/mol. The molecule has 3 aromatic rings. The maximum Gasteiger partial charge on any atom is 0.220 e. The van der Waals surface area contributed by atoms with Crippen molar-refractivity contribution in [2.75, 3.05) is 13.7 Å². The minimum Gasteiger partial charge on any atom is -0.497 e. The molecule has 1 amide bonds. The number of pyridine rings is 1. The summed E-state index contributed by atoms with van der Waals surface area (Å²) in [5.41, 5.74) is 3.21. The summed E-state index contributed by atoms with van der Waals surface area (Å²) < 4.78 is 5.15. The van der Waals surface area contributed by atoms with Gasteiger partial charge in [-0.1, -0.05) is 12.1 Å². The lowest BCUT2D eigenvalue weighted by Crippen LogP contribution is -2.25. The molecule has 2 heterocycles. The first-order valence-corrected chi connectivity index (χ1v) is 9.87. The highest BCUT2D eigenvalue weighted by Gasteiger charge is 2.07. The molecule has 0 atom stereocenters. The minimum atomic E-state index is 0.0701. The fourth-order valence-electron chi connectivity index (χ4n) is 2.69. The lowest BCUT2D eigenvalue weighted by atomic mass is 10.1. The van der Waals surface area contributed by atoms with E-state index in [0.29, 0.717) is 19.4 Å². The molecule has 140 valence electrons. The van der Waals surface area contributed by atoms with Gasteiger partial charge in [-0.25, -0.2) is 4.98 Å². The van der Waals surface area contributed by atoms with E-state index in [1.54, 1.807) is 30.8 Å². The quantitative estimate of drug-likeness (QED) is 0.571. The summed E-state index contributed by atoms with van der Waals surface area (Å²) in [7, 11) is 1.66. The number of aromatic nitrogens is 2. The molecule has 5 nitrogen and oxygen atoms in total. The number of aryl methyl sites for hydroxylation is 2. The molecule has 6 heteroatoms. The number of carbonyl (C=O) groups excluding carboxylic acids is 1. The van der Waals surface area contributed by atoms with Crippen LogP contribution in [0.25, 0.3) is 10.6 Å². The number of ether oxygens (including phenoxy) is 1. The summed E-state index contributed by atoms with van der Waals surface area (Å²) in [6.45, 7) is 0.683. The third-order valence-electron chi connectivity index (χ3n) is 4.19. The molecule has 3 rings (SSSR count). The van der Waals surface area contributed by atoms with Crippen molar-refractivity contribution in [2.24, 2.45) is 0 Å². The number of hydrogen-bond acceptors (Lipinski definition) is 5. The van der Waals surface area contributed by atoms with Gasteiger partial charge in [0.05, 0.1) is 12.8 Å². The first kappa shape index (κ1) is 19.0. The first-order valence-electron chi connectivity index (χ1n) is 8.99. The van der Waals surface area contributed by atoms with Crippen molar-refractivity contribution < 1.29 is 9.53 Å². The number of methoxy groups -OCH3 is 1. The SMILES string of the molecule is COc1ccc(CCCNC(=O)CCc2csc(-c3cccnc3)n2)cc1. The smallest absolute Gasteiger partial charge is 0.220 e. The Labute approximate surface area is 163 Å². The molecule has 0 aliphatic rings. The van der Waals surface area contributed by atoms with Crippen molar-refractivity contribution in [3.05, 3.63) is 65.4 Å². The van der Waals surface area contributed by atoms with E-state index in [4.69, 9.17) is 4.74 Å². The molecule has 0 unspecified atom stereocenters. The van der Waals surface area contributed by atoms with E-state index in [0.717, 1.165) is 34.9 Å². The summed E-state index contributed by atoms with van der Waals surface area (Å²) in [5, 5.41) is 5.94. The third kappa shape index (κ3) is 5.89. The van der Waals surface area contributed by atoms with Gasteiger partial charge in [0.2, 0.25) is 5.91 Å². The van der Waals surface area contributed by atoms with Crippen LogP contribution in [0.5, 0.6) is 5.75 Å². The molecular formula is C21H23N3O2S. The van der Waals surface area contributed by atoms with E-state index >= 15 is 0 Å². The third-order valence-corrected chi connectivity index (χ3v) is 5.13. The van der Waals surface area contributed by atoms with Crippen molar-refractivity contribution >= 4 is 17.2 Å². The highest BCUT2D eigenvalue weighted by Crippen LogP contribution is 2.23. The molecule has 1 N–H and O–H groups in total. The summed E-state index contributed by atoms with van der Waals surface area (Å²) in [5.74, 6) is 0.932. The number of amides is 1. The second-order valence-electron chi connectivity index (χ2n) is 6.19. The standard InChI is InChI=1S/C21H23N3O2S/c1-26-19-9-6-16(7-10-19)4-2-13-23-20(25)11-8-18-15-27-21(24-18)17-5-3-12-22-14-17/h3,5-7,9-10,12,14-15H,2,4,8,11,13H2,1H3,(H,23,25). The normalized spacial score (nSPS) is 10.6. The van der Waals surface area contributed by atoms with Crippen LogP contribution in [0.3, 0.4) is 0 Å². The molecule has 2 aromatic heterocycles. The number of hydrogen-bond donors (Lipinski definition) is 1. The largest absolute Gasteiger partial charge is 0.497 e. The van der Waals surface area contributed by atoms with Crippen LogP contribution in [-0.4, -0.2) is 29.5 Å². The summed E-state index contributed by atoms with van der Waals surface area (Å²) in [6, 6.07) is 11.9. The van der Waals surface area contributed by atoms with Gasteiger partial charge in [0.15, 0.2) is 0 Å². The molecular weight excluding hydrogens is 358 g/mol. The Bertz CT molecular complexity index is 847. The van der Waals surface area contributed by atoms with Crippen LogP contribution < -0.4 is 10.1 Å². The zero-order valence-electron chi connectivity index (χ0n) is 15.4. The van der Waals surface area contributed by atoms with Gasteiger partial charge in [0.25, 0.3) is 0 Å². The average molecular weight is 382 g/mol. The van der Waals surface area contributed by atoms with Crippen LogP contribution in [-0.2, 0) is 17.6 Å². The molecule has 0 spiro atoms. The van der Waals surface area contributed by atoms with Crippen LogP contribution in [0.1, 0.15) is 24.1 Å². The Morgan fingerprint density at radius 1 is 1.19 bits per heavy atom. The van der Waals surface area contributed by atoms with E-state index in [9.17, 15) is 4.79 Å². The summed E-state index contributed by atoms with van der Waals surface area (Å²) in [4.78, 5) is 20.7. The van der Waals surface area contributed by atoms with E-state index in [2.05, 4.69) is 27.4 Å². The van der Waals surface area contributed by atoms with Gasteiger partial charge >= 0.3 is 0 Å². The van der Waals surface area contributed by atoms with Crippen molar-refractivity contribution in [1.29, 1.82) is 0 Å². The lowest BCUT2D eigenvalue weighted by molar-refractivity contribution is -0.121. The van der Waals surface area contributed by atoms with Crippen molar-refractivity contribution in [2.45, 2.75) is 25.7 Å². The molecule has 0 aliphatic carbocycles. The van der Waals surface area contributed by atoms with Gasteiger partial charge in [-0.2, -0.15) is 0 Å². The van der Waals surface area contributed by atoms with Gasteiger partial charge in [-0.3, -0.25) is 9.78 Å². The lowest BCUT2D eigenvalue weighted by Gasteiger charge is -2.06. The average Bonchev–Trinajstić information content (AvgIpc) is 3.20. The number of carbonyl (C=O) groups is 1. The number of rotatable bonds is 9. The molecule has 0 aliphatic heterocycles. The Morgan fingerprint density at radius 3 is 2.78 bits per heavy atom. The zero-order valence-corrected chi connectivity index (χ0v) is 16.2. The van der Waals surface area contributed by atoms with Crippen LogP contribution in [0, 0.1) is 0 Å². The highest BCUT2D eigenvalue weighted by molar-refractivity contribution is 7.13. The molecule has 0 radical (unpaired) electrons. The van der Waals surface area contributed by atoms with Crippen molar-refractivity contribution in [3.8, 4) is 16.3 Å². The number of thiazole rings is 1. The Hall–Kier alpha value is -2.73. The van der Waals surface area contributed by atoms with Crippen LogP contribution in [0.2, 0.25) is 0 Å². The highest BCUT2D eigenvalue weighted by atomic mass is 32.1. The van der Waals surface area contributed by atoms with E-state index in [1.807, 2.05) is 29.6 Å². The molecule has 0 saturated heterocycles. The fourth-order valence-corrected chi connectivity index (χ4v) is 3.53. The van der Waals surface area contributed by atoms with Gasteiger partial charge in [-0.15, -0.1) is 11.3 Å². The Kier molecular flexibility index (Phi) is 6.93. The zero-order chi connectivity index (χ0) is 18.9. The van der Waals surface area contributed by atoms with E-state index in [-0.39, 0.29) is 5.91 Å². The molecule has 0 bridgehead atoms. The van der Waals surface area contributed by atoms with Gasteiger partial charge in [0.1, 0.15) is 10.8 Å². The summed E-state index contributed by atoms with van der Waals surface area (Å²) in [6.07, 6.45) is 6.51. The Morgan fingerprint density at radius 2 is 2.04 bits per heavy atom. The van der Waals surface area contributed by atoms with E-state index < -0.39 is 0 Å². The fraction of sp³-hybridized carbons (Fsp3) is 0.286. The summed E-state index contributed by atoms with van der Waals surface area (Å²) >= 11 is 1.58. The van der Waals surface area contributed by atoms with Gasteiger partial charge in [-0.05, 0) is 49.1 Å². The van der Waals surface area contributed by atoms with Gasteiger partial charge in [0, 0.05) is 36.3 Å². The predicted molar refractivity (Wildman–Crippen MR) is 108 cm³/mol. The maximum absolute atomic E-state index is 12.0. The predicted octanol–water partition coefficient (Wildman–Crippen LogP) is 3.90. The van der Waals surface area contributed by atoms with Crippen LogP contribution >= 0.6 is 11.3 Å². The van der Waals surface area contributed by atoms with Crippen molar-refractivity contribution in [3.63, 3.8) is 0 Å². The van der Waals surface area contributed by atoms with Gasteiger partial charge < -0.3 is 10.1 Å². The number of benzene rings is 1.